The Morgan fingerprint density at radius 3 is 0.494 bits per heavy atom. The fraction of sp³-hybridized carbons (Fsp3) is 0.600. The normalized spacial score (nSPS) is 9.43. The maximum atomic E-state index is 11.0. The molecule has 0 heterocycles. The smallest absolute Gasteiger partial charge is 0.294 e. The van der Waals surface area contributed by atoms with Crippen molar-refractivity contribution in [1.29, 1.82) is 0 Å². The molecule has 0 atom stereocenters. The van der Waals surface area contributed by atoms with Crippen molar-refractivity contribution >= 4 is 70.9 Å². The Labute approximate surface area is 471 Å². The van der Waals surface area contributed by atoms with Gasteiger partial charge in [-0.2, -0.15) is 0 Å². The van der Waals surface area contributed by atoms with E-state index in [9.17, 15) is 57.5 Å². The molecule has 0 fully saturated rings. The highest BCUT2D eigenvalue weighted by Crippen LogP contribution is 2.11. The standard InChI is InChI=1S/C12H26N4O2.C10H22N4O2.C9H20N4O2.C8H10N4O2.C4H10N4O2.C2H6N4O2/c13-15-11(17)9-7-5-3-1-2-4-6-8-10-12(18)16-14;11-13-9(15)7-5-3-1-2-4-6-8-10(16)14-12;10-12-8(14)6-4-2-1-3-5-7-9(15)13-11;9-11-7(13)5-1-2-6(4-3-5)8(14)12-10;5-7-3(9)1-2-4(10)8-6;3-5-1(7)2(8)6-4/h1-10,13-14H2,(H,15,17)(H,16,18);1-8,11-12H2,(H,13,15)(H,14,16);1-7,10-11H2,(H,12,14)(H,13,15);1-4H,9-10H2,(H,11,13)(H,12,14);1-2,5-6H2,(H,7,9)(H,8,10);3-4H2,(H,5,7)(H,6,8). The molecule has 1 rings (SSSR count). The molecule has 0 aliphatic rings. The molecule has 0 unspecified atom stereocenters. The van der Waals surface area contributed by atoms with Crippen molar-refractivity contribution in [2.75, 3.05) is 0 Å². The van der Waals surface area contributed by atoms with Gasteiger partial charge in [0.25, 0.3) is 11.8 Å². The number of rotatable bonds is 33. The molecule has 36 N–H and O–H groups in total. The Morgan fingerprint density at radius 2 is 0.358 bits per heavy atom. The zero-order valence-corrected chi connectivity index (χ0v) is 46.2. The SMILES string of the molecule is NNC(=O)C(=O)NN.NNC(=O)CCC(=O)NN.NNC(=O)CCCCCCCC(=O)NN.NNC(=O)CCCCCCCCC(=O)NN.NNC(=O)CCCCCCCCCCC(=O)NN.NNC(=O)c1ccc(C(=O)NN)cc1. The lowest BCUT2D eigenvalue weighted by Gasteiger charge is -2.02. The third-order valence-corrected chi connectivity index (χ3v) is 10.4. The number of benzene rings is 1. The van der Waals surface area contributed by atoms with E-state index in [1.54, 1.807) is 10.9 Å². The second-order valence-electron chi connectivity index (χ2n) is 16.7. The molecule has 1 aromatic carbocycles. The largest absolute Gasteiger partial charge is 0.324 e. The third-order valence-electron chi connectivity index (χ3n) is 10.4. The summed E-state index contributed by atoms with van der Waals surface area (Å²) in [6.45, 7) is 0. The number of hydrogen-bond donors (Lipinski definition) is 24. The molecule has 1 aromatic rings. The Balaban J connectivity index is -0.000000290. The van der Waals surface area contributed by atoms with Crippen LogP contribution in [0.25, 0.3) is 0 Å². The van der Waals surface area contributed by atoms with Crippen molar-refractivity contribution in [3.63, 3.8) is 0 Å². The molecule has 0 spiro atoms. The van der Waals surface area contributed by atoms with Crippen LogP contribution in [0.15, 0.2) is 24.3 Å². The van der Waals surface area contributed by atoms with Gasteiger partial charge >= 0.3 is 11.8 Å². The van der Waals surface area contributed by atoms with E-state index in [4.69, 9.17) is 58.4 Å². The van der Waals surface area contributed by atoms with Gasteiger partial charge < -0.3 is 0 Å². The van der Waals surface area contributed by atoms with Crippen LogP contribution in [0.4, 0.5) is 0 Å². The van der Waals surface area contributed by atoms with Gasteiger partial charge in [-0.3, -0.25) is 123 Å². The van der Waals surface area contributed by atoms with E-state index in [1.165, 1.54) is 37.1 Å². The van der Waals surface area contributed by atoms with Crippen LogP contribution in [0.1, 0.15) is 194 Å². The lowest BCUT2D eigenvalue weighted by Crippen LogP contribution is -2.45. The van der Waals surface area contributed by atoms with E-state index in [0.29, 0.717) is 49.7 Å². The molecule has 0 saturated heterocycles. The van der Waals surface area contributed by atoms with Gasteiger partial charge in [0.15, 0.2) is 0 Å². The van der Waals surface area contributed by atoms with Crippen LogP contribution in [0.2, 0.25) is 0 Å². The summed E-state index contributed by atoms with van der Waals surface area (Å²) in [4.78, 5) is 127. The summed E-state index contributed by atoms with van der Waals surface area (Å²) >= 11 is 0. The number of nitrogens with one attached hydrogen (secondary N) is 12. The van der Waals surface area contributed by atoms with Crippen LogP contribution >= 0.6 is 0 Å². The van der Waals surface area contributed by atoms with Crippen LogP contribution in [0.5, 0.6) is 0 Å². The first-order chi connectivity index (χ1) is 38.7. The maximum absolute atomic E-state index is 11.0. The minimum Gasteiger partial charge on any atom is -0.294 e. The number of carbonyl (C=O) groups is 12. The fourth-order valence-corrected chi connectivity index (χ4v) is 5.89. The van der Waals surface area contributed by atoms with E-state index in [0.717, 1.165) is 109 Å². The highest BCUT2D eigenvalue weighted by molar-refractivity contribution is 6.34. The van der Waals surface area contributed by atoms with E-state index >= 15 is 0 Å². The number of unbranched alkanes of at least 4 members (excludes halogenated alkanes) is 16. The summed E-state index contributed by atoms with van der Waals surface area (Å²) in [5.41, 5.74) is 24.3. The third kappa shape index (κ3) is 59.9. The summed E-state index contributed by atoms with van der Waals surface area (Å²) in [7, 11) is 0. The van der Waals surface area contributed by atoms with Crippen molar-refractivity contribution in [3.05, 3.63) is 35.4 Å². The van der Waals surface area contributed by atoms with E-state index in [2.05, 4.69) is 44.2 Å². The Bertz CT molecular complexity index is 1770. The van der Waals surface area contributed by atoms with Gasteiger partial charge in [0.2, 0.25) is 47.3 Å². The molecule has 12 amide bonds. The maximum Gasteiger partial charge on any atom is 0.324 e. The topological polar surface area (TPSA) is 661 Å². The highest BCUT2D eigenvalue weighted by atomic mass is 16.2. The van der Waals surface area contributed by atoms with E-state index in [-0.39, 0.29) is 60.1 Å². The van der Waals surface area contributed by atoms with Crippen molar-refractivity contribution < 1.29 is 57.5 Å². The predicted molar refractivity (Wildman–Crippen MR) is 298 cm³/mol. The molecule has 0 radical (unpaired) electrons. The lowest BCUT2D eigenvalue weighted by atomic mass is 10.1. The first-order valence-corrected chi connectivity index (χ1v) is 25.8. The number of amides is 12. The second-order valence-corrected chi connectivity index (χ2v) is 16.7. The molecule has 81 heavy (non-hydrogen) atoms. The average molecular weight is 1160 g/mol. The average Bonchev–Trinajstić information content (AvgIpc) is 3.50. The van der Waals surface area contributed by atoms with Gasteiger partial charge in [-0.25, -0.2) is 70.1 Å². The van der Waals surface area contributed by atoms with Gasteiger partial charge in [0.1, 0.15) is 0 Å². The Morgan fingerprint density at radius 1 is 0.210 bits per heavy atom. The molecule has 0 saturated carbocycles. The van der Waals surface area contributed by atoms with Gasteiger partial charge in [-0.1, -0.05) is 83.5 Å². The molecule has 36 nitrogen and oxygen atoms in total. The highest BCUT2D eigenvalue weighted by Gasteiger charge is 2.08. The first-order valence-electron chi connectivity index (χ1n) is 25.8. The minimum absolute atomic E-state index is 0.0551. The monoisotopic (exact) mass is 1160 g/mol. The summed E-state index contributed by atoms with van der Waals surface area (Å²) in [6, 6.07) is 5.92. The number of hydrazine groups is 12. The lowest BCUT2D eigenvalue weighted by molar-refractivity contribution is -0.139. The van der Waals surface area contributed by atoms with Crippen molar-refractivity contribution in [2.24, 2.45) is 70.1 Å². The number of nitrogens with two attached hydrogens (primary N) is 12. The molecular formula is C45H94N24O12. The van der Waals surface area contributed by atoms with Crippen LogP contribution < -0.4 is 135 Å². The summed E-state index contributed by atoms with van der Waals surface area (Å²) < 4.78 is 0. The van der Waals surface area contributed by atoms with Gasteiger partial charge in [-0.05, 0) is 62.8 Å². The minimum atomic E-state index is -0.965. The fourth-order valence-electron chi connectivity index (χ4n) is 5.89. The Kier molecular flexibility index (Phi) is 62.5. The van der Waals surface area contributed by atoms with Crippen molar-refractivity contribution in [1.82, 2.24) is 65.1 Å². The molecule has 0 aliphatic heterocycles. The molecule has 466 valence electrons. The molecule has 0 bridgehead atoms. The zero-order valence-electron chi connectivity index (χ0n) is 46.2. The van der Waals surface area contributed by atoms with Crippen LogP contribution in [-0.2, 0) is 47.9 Å². The van der Waals surface area contributed by atoms with Gasteiger partial charge in [-0.15, -0.1) is 0 Å². The molecule has 36 heteroatoms. The van der Waals surface area contributed by atoms with Gasteiger partial charge in [0, 0.05) is 62.5 Å². The van der Waals surface area contributed by atoms with Crippen LogP contribution in [0.3, 0.4) is 0 Å². The van der Waals surface area contributed by atoms with Crippen molar-refractivity contribution in [2.45, 2.75) is 173 Å². The first kappa shape index (κ1) is 82.2. The quantitative estimate of drug-likeness (QED) is 0.0103. The number of hydrogen-bond acceptors (Lipinski definition) is 24. The predicted octanol–water partition coefficient (Wildman–Crippen LogP) is -5.74. The van der Waals surface area contributed by atoms with E-state index in [1.807, 2.05) is 21.7 Å². The second kappa shape index (κ2) is 61.6. The van der Waals surface area contributed by atoms with Crippen LogP contribution in [0, 0.1) is 0 Å². The van der Waals surface area contributed by atoms with E-state index < -0.39 is 23.6 Å². The summed E-state index contributed by atoms with van der Waals surface area (Å²) in [5.74, 6) is 53.9. The molecule has 0 aliphatic carbocycles. The number of carbonyl (C=O) groups excluding carboxylic acids is 12. The van der Waals surface area contributed by atoms with Crippen molar-refractivity contribution in [3.8, 4) is 0 Å². The summed E-state index contributed by atoms with van der Waals surface area (Å²) in [5, 5.41) is 0. The zero-order chi connectivity index (χ0) is 62.5. The van der Waals surface area contributed by atoms with Crippen LogP contribution in [-0.4, -0.2) is 70.9 Å². The Hall–Kier alpha value is -7.62. The number of nitrogen functional groups attached to an aromatic ring is 2. The summed E-state index contributed by atoms with van der Waals surface area (Å²) in [6.07, 6.45) is 22.3. The van der Waals surface area contributed by atoms with Gasteiger partial charge in [0.05, 0.1) is 0 Å². The molecule has 0 aromatic heterocycles. The molecular weight excluding hydrogens is 1070 g/mol.